The molecule has 1 aromatic heterocycles. The van der Waals surface area contributed by atoms with Crippen LogP contribution >= 0.6 is 0 Å². The Morgan fingerprint density at radius 1 is 1.25 bits per heavy atom. The largest absolute Gasteiger partial charge is 0.346 e. The molecule has 28 heavy (non-hydrogen) atoms. The molecule has 2 aromatic rings. The molecule has 1 atom stereocenters. The fourth-order valence-electron chi connectivity index (χ4n) is 3.70. The molecule has 1 aliphatic heterocycles. The van der Waals surface area contributed by atoms with Crippen LogP contribution in [0.1, 0.15) is 44.2 Å². The lowest BCUT2D eigenvalue weighted by Gasteiger charge is -2.18. The number of halogens is 1. The highest BCUT2D eigenvalue weighted by molar-refractivity contribution is 5.75. The van der Waals surface area contributed by atoms with Gasteiger partial charge in [-0.25, -0.2) is 4.39 Å². The molecule has 152 valence electrons. The summed E-state index contributed by atoms with van der Waals surface area (Å²) in [4.78, 5) is 14.1. The van der Waals surface area contributed by atoms with Crippen LogP contribution in [0.3, 0.4) is 0 Å². The van der Waals surface area contributed by atoms with E-state index >= 15 is 0 Å². The maximum atomic E-state index is 13.0. The Morgan fingerprint density at radius 3 is 2.82 bits per heavy atom. The van der Waals surface area contributed by atoms with E-state index < -0.39 is 0 Å². The average Bonchev–Trinajstić information content (AvgIpc) is 3.38. The molecule has 0 spiro atoms. The van der Waals surface area contributed by atoms with Crippen molar-refractivity contribution in [3.63, 3.8) is 0 Å². The summed E-state index contributed by atoms with van der Waals surface area (Å²) < 4.78 is 13.0. The highest BCUT2D eigenvalue weighted by Gasteiger charge is 2.17. The van der Waals surface area contributed by atoms with Crippen LogP contribution in [-0.4, -0.2) is 47.7 Å². The van der Waals surface area contributed by atoms with Crippen molar-refractivity contribution in [2.45, 2.75) is 44.9 Å². The number of hydrogen-bond donors (Lipinski definition) is 2. The highest BCUT2D eigenvalue weighted by atomic mass is 19.1. The third-order valence-electron chi connectivity index (χ3n) is 5.57. The van der Waals surface area contributed by atoms with Gasteiger partial charge in [-0.05, 0) is 81.4 Å². The molecule has 1 unspecified atom stereocenters. The van der Waals surface area contributed by atoms with E-state index in [-0.39, 0.29) is 11.7 Å². The number of nitrogens with zero attached hydrogens (tertiary/aromatic N) is 2. The molecular formula is C22H31FN4O. The number of unbranched alkanes of at least 4 members (excludes halogenated alkanes) is 2. The number of benzene rings is 1. The molecule has 1 fully saturated rings. The Balaban J connectivity index is 1.30. The number of aromatic nitrogens is 2. The van der Waals surface area contributed by atoms with Crippen molar-refractivity contribution in [3.05, 3.63) is 41.8 Å². The normalized spacial score (nSPS) is 16.4. The zero-order valence-electron chi connectivity index (χ0n) is 16.7. The lowest BCUT2D eigenvalue weighted by molar-refractivity contribution is -0.130. The average molecular weight is 387 g/mol. The van der Waals surface area contributed by atoms with Gasteiger partial charge in [0.25, 0.3) is 0 Å². The number of carbonyl (C=O) groups excluding carboxylic acids is 1. The van der Waals surface area contributed by atoms with Crippen LogP contribution in [0, 0.1) is 11.7 Å². The third kappa shape index (κ3) is 6.16. The summed E-state index contributed by atoms with van der Waals surface area (Å²) in [6, 6.07) is 8.41. The van der Waals surface area contributed by atoms with Crippen LogP contribution in [0.15, 0.2) is 30.3 Å². The maximum Gasteiger partial charge on any atom is 0.222 e. The first-order chi connectivity index (χ1) is 13.6. The molecule has 5 nitrogen and oxygen atoms in total. The van der Waals surface area contributed by atoms with E-state index in [0.717, 1.165) is 68.7 Å². The fraction of sp³-hybridized carbons (Fsp3) is 0.545. The van der Waals surface area contributed by atoms with Gasteiger partial charge in [0.2, 0.25) is 5.91 Å². The quantitative estimate of drug-likeness (QED) is 0.611. The topological polar surface area (TPSA) is 61.0 Å². The first-order valence-electron chi connectivity index (χ1n) is 10.4. The van der Waals surface area contributed by atoms with Gasteiger partial charge in [-0.3, -0.25) is 9.89 Å². The smallest absolute Gasteiger partial charge is 0.222 e. The van der Waals surface area contributed by atoms with Gasteiger partial charge in [-0.15, -0.1) is 0 Å². The molecule has 1 aromatic carbocycles. The van der Waals surface area contributed by atoms with Crippen LogP contribution in [0.2, 0.25) is 0 Å². The molecule has 1 saturated heterocycles. The lowest BCUT2D eigenvalue weighted by Crippen LogP contribution is -2.28. The van der Waals surface area contributed by atoms with E-state index in [2.05, 4.69) is 15.5 Å². The van der Waals surface area contributed by atoms with Crippen molar-refractivity contribution in [2.24, 2.45) is 5.92 Å². The molecule has 2 heterocycles. The number of H-pyrrole nitrogens is 1. The van der Waals surface area contributed by atoms with Gasteiger partial charge in [-0.2, -0.15) is 5.10 Å². The Bertz CT molecular complexity index is 737. The molecule has 6 heteroatoms. The Morgan fingerprint density at radius 2 is 2.07 bits per heavy atom. The van der Waals surface area contributed by atoms with Crippen molar-refractivity contribution < 1.29 is 9.18 Å². The van der Waals surface area contributed by atoms with Gasteiger partial charge in [0, 0.05) is 31.3 Å². The summed E-state index contributed by atoms with van der Waals surface area (Å²) in [5.74, 6) is 0.703. The lowest BCUT2D eigenvalue weighted by atomic mass is 10.0. The monoisotopic (exact) mass is 386 g/mol. The first kappa shape index (κ1) is 20.5. The van der Waals surface area contributed by atoms with Gasteiger partial charge >= 0.3 is 0 Å². The van der Waals surface area contributed by atoms with Crippen LogP contribution in [0.5, 0.6) is 0 Å². The van der Waals surface area contributed by atoms with E-state index in [1.165, 1.54) is 18.6 Å². The molecule has 0 radical (unpaired) electrons. The number of aromatic amines is 1. The Labute approximate surface area is 166 Å². The minimum Gasteiger partial charge on any atom is -0.346 e. The fourth-order valence-corrected chi connectivity index (χ4v) is 3.70. The summed E-state index contributed by atoms with van der Waals surface area (Å²) in [7, 11) is 1.92. The number of nitrogens with one attached hydrogen (secondary N) is 2. The summed E-state index contributed by atoms with van der Waals surface area (Å²) in [5, 5.41) is 10.7. The molecular weight excluding hydrogens is 355 g/mol. The molecule has 1 amide bonds. The number of aryl methyl sites for hydroxylation is 1. The summed E-state index contributed by atoms with van der Waals surface area (Å²) in [5.41, 5.74) is 2.85. The molecule has 0 bridgehead atoms. The van der Waals surface area contributed by atoms with Gasteiger partial charge in [-0.1, -0.05) is 6.42 Å². The second-order valence-electron chi connectivity index (χ2n) is 7.81. The highest BCUT2D eigenvalue weighted by Crippen LogP contribution is 2.19. The minimum atomic E-state index is -0.237. The van der Waals surface area contributed by atoms with E-state index in [1.54, 1.807) is 12.1 Å². The second-order valence-corrected chi connectivity index (χ2v) is 7.81. The van der Waals surface area contributed by atoms with Crippen LogP contribution in [0.4, 0.5) is 4.39 Å². The standard InChI is InChI=1S/C22H31FN4O/c1-27(22(28)11-6-17-12-13-24-16-17)14-4-2-3-5-20-15-21(26-25-20)18-7-9-19(23)10-8-18/h7-10,15,17,24H,2-6,11-14,16H2,1H3,(H,25,26). The van der Waals surface area contributed by atoms with Crippen molar-refractivity contribution >= 4 is 5.91 Å². The van der Waals surface area contributed by atoms with E-state index in [1.807, 2.05) is 18.0 Å². The summed E-state index contributed by atoms with van der Waals surface area (Å²) in [6.45, 7) is 2.98. The van der Waals surface area contributed by atoms with Gasteiger partial charge in [0.1, 0.15) is 5.82 Å². The Hall–Kier alpha value is -2.21. The predicted molar refractivity (Wildman–Crippen MR) is 109 cm³/mol. The van der Waals surface area contributed by atoms with E-state index in [4.69, 9.17) is 0 Å². The minimum absolute atomic E-state index is 0.237. The molecule has 1 aliphatic rings. The van der Waals surface area contributed by atoms with Crippen molar-refractivity contribution in [1.29, 1.82) is 0 Å². The number of amides is 1. The number of rotatable bonds is 10. The van der Waals surface area contributed by atoms with Gasteiger partial charge in [0.15, 0.2) is 0 Å². The van der Waals surface area contributed by atoms with E-state index in [9.17, 15) is 9.18 Å². The first-order valence-corrected chi connectivity index (χ1v) is 10.4. The van der Waals surface area contributed by atoms with Crippen LogP contribution in [-0.2, 0) is 11.2 Å². The van der Waals surface area contributed by atoms with Crippen LogP contribution in [0.25, 0.3) is 11.3 Å². The molecule has 0 aliphatic carbocycles. The second kappa shape index (κ2) is 10.4. The molecule has 3 rings (SSSR count). The maximum absolute atomic E-state index is 13.0. The molecule has 0 saturated carbocycles. The zero-order valence-corrected chi connectivity index (χ0v) is 16.7. The van der Waals surface area contributed by atoms with Crippen molar-refractivity contribution in [3.8, 4) is 11.3 Å². The number of hydrogen-bond acceptors (Lipinski definition) is 3. The zero-order chi connectivity index (χ0) is 19.8. The summed E-state index contributed by atoms with van der Waals surface area (Å²) >= 11 is 0. The van der Waals surface area contributed by atoms with Gasteiger partial charge in [0.05, 0.1) is 5.69 Å². The van der Waals surface area contributed by atoms with Crippen molar-refractivity contribution in [1.82, 2.24) is 20.4 Å². The van der Waals surface area contributed by atoms with E-state index in [0.29, 0.717) is 12.3 Å². The predicted octanol–water partition coefficient (Wildman–Crippen LogP) is 3.78. The van der Waals surface area contributed by atoms with Crippen LogP contribution < -0.4 is 5.32 Å². The van der Waals surface area contributed by atoms with Gasteiger partial charge < -0.3 is 10.2 Å². The van der Waals surface area contributed by atoms with Crippen molar-refractivity contribution in [2.75, 3.05) is 26.7 Å². The SMILES string of the molecule is CN(CCCCCc1cc(-c2ccc(F)cc2)n[nH]1)C(=O)CCC1CCNC1. The molecule has 2 N–H and O–H groups in total. The third-order valence-corrected chi connectivity index (χ3v) is 5.57. The number of carbonyl (C=O) groups is 1. The summed E-state index contributed by atoms with van der Waals surface area (Å²) in [6.07, 6.45) is 6.96. The Kier molecular flexibility index (Phi) is 7.60.